The second-order valence-corrected chi connectivity index (χ2v) is 5.27. The molecule has 1 saturated carbocycles. The van der Waals surface area contributed by atoms with Gasteiger partial charge in [-0.2, -0.15) is 0 Å². The molecule has 0 bridgehead atoms. The summed E-state index contributed by atoms with van der Waals surface area (Å²) in [5.74, 6) is 2.38. The van der Waals surface area contributed by atoms with Gasteiger partial charge in [0.05, 0.1) is 11.6 Å². The van der Waals surface area contributed by atoms with E-state index in [0.29, 0.717) is 5.88 Å². The van der Waals surface area contributed by atoms with Crippen LogP contribution in [0.4, 0.5) is 5.82 Å². The summed E-state index contributed by atoms with van der Waals surface area (Å²) in [6, 6.07) is 6.08. The first-order valence-electron chi connectivity index (χ1n) is 6.52. The Balaban J connectivity index is 1.95. The van der Waals surface area contributed by atoms with Crippen LogP contribution in [0.5, 0.6) is 0 Å². The second-order valence-electron chi connectivity index (χ2n) is 5.01. The van der Waals surface area contributed by atoms with Gasteiger partial charge >= 0.3 is 0 Å². The predicted molar refractivity (Wildman–Crippen MR) is 73.6 cm³/mol. The van der Waals surface area contributed by atoms with Gasteiger partial charge in [-0.05, 0) is 30.9 Å². The average molecular weight is 253 g/mol. The molecule has 0 amide bonds. The topological polar surface area (TPSA) is 16.1 Å². The van der Waals surface area contributed by atoms with Gasteiger partial charge in [0.25, 0.3) is 0 Å². The van der Waals surface area contributed by atoms with Crippen LogP contribution in [0.2, 0.25) is 0 Å². The summed E-state index contributed by atoms with van der Waals surface area (Å²) in [5.41, 5.74) is 0.958. The van der Waals surface area contributed by atoms with Crippen molar-refractivity contribution in [2.75, 3.05) is 18.5 Å². The van der Waals surface area contributed by atoms with Crippen LogP contribution in [0.1, 0.15) is 37.8 Å². The van der Waals surface area contributed by atoms with E-state index >= 15 is 0 Å². The van der Waals surface area contributed by atoms with E-state index < -0.39 is 0 Å². The fraction of sp³-hybridized carbons (Fsp3) is 0.643. The molecule has 2 rings (SSSR count). The maximum Gasteiger partial charge on any atom is 0.128 e. The van der Waals surface area contributed by atoms with Gasteiger partial charge in [-0.1, -0.05) is 25.3 Å². The third-order valence-electron chi connectivity index (χ3n) is 3.58. The molecule has 1 fully saturated rings. The van der Waals surface area contributed by atoms with Crippen LogP contribution in [0.3, 0.4) is 0 Å². The number of alkyl halides is 1. The Morgan fingerprint density at radius 1 is 1.29 bits per heavy atom. The highest BCUT2D eigenvalue weighted by Crippen LogP contribution is 2.25. The van der Waals surface area contributed by atoms with E-state index in [-0.39, 0.29) is 0 Å². The molecule has 0 unspecified atom stereocenters. The minimum Gasteiger partial charge on any atom is -0.359 e. The zero-order valence-corrected chi connectivity index (χ0v) is 11.3. The summed E-state index contributed by atoms with van der Waals surface area (Å²) in [6.45, 7) is 1.12. The van der Waals surface area contributed by atoms with Gasteiger partial charge in [0.1, 0.15) is 5.82 Å². The van der Waals surface area contributed by atoms with Gasteiger partial charge in [0.2, 0.25) is 0 Å². The van der Waals surface area contributed by atoms with Gasteiger partial charge in [0, 0.05) is 13.6 Å². The van der Waals surface area contributed by atoms with Crippen molar-refractivity contribution in [3.8, 4) is 0 Å². The van der Waals surface area contributed by atoms with E-state index in [1.54, 1.807) is 0 Å². The number of anilines is 1. The first kappa shape index (κ1) is 12.7. The fourth-order valence-corrected chi connectivity index (χ4v) is 2.75. The highest BCUT2D eigenvalue weighted by molar-refractivity contribution is 6.16. The van der Waals surface area contributed by atoms with Crippen molar-refractivity contribution in [1.29, 1.82) is 0 Å². The van der Waals surface area contributed by atoms with Gasteiger partial charge in [-0.15, -0.1) is 11.6 Å². The molecule has 0 radical (unpaired) electrons. The Kier molecular flexibility index (Phi) is 4.66. The van der Waals surface area contributed by atoms with Crippen LogP contribution in [-0.4, -0.2) is 18.6 Å². The molecule has 1 heterocycles. The van der Waals surface area contributed by atoms with Crippen LogP contribution in [-0.2, 0) is 5.88 Å². The van der Waals surface area contributed by atoms with Crippen molar-refractivity contribution >= 4 is 17.4 Å². The summed E-state index contributed by atoms with van der Waals surface area (Å²) >= 11 is 5.81. The highest BCUT2D eigenvalue weighted by atomic mass is 35.5. The van der Waals surface area contributed by atoms with Crippen molar-refractivity contribution in [2.24, 2.45) is 5.92 Å². The molecule has 94 valence electrons. The Morgan fingerprint density at radius 3 is 2.76 bits per heavy atom. The summed E-state index contributed by atoms with van der Waals surface area (Å²) in [5, 5.41) is 0. The fourth-order valence-electron chi connectivity index (χ4n) is 2.60. The molecular formula is C14H21ClN2. The number of hydrogen-bond acceptors (Lipinski definition) is 2. The first-order valence-corrected chi connectivity index (χ1v) is 7.06. The lowest BCUT2D eigenvalue weighted by Crippen LogP contribution is -2.27. The molecule has 0 spiro atoms. The molecule has 0 atom stereocenters. The van der Waals surface area contributed by atoms with Gasteiger partial charge in [-0.25, -0.2) is 4.98 Å². The molecule has 1 aliphatic rings. The van der Waals surface area contributed by atoms with E-state index in [4.69, 9.17) is 11.6 Å². The number of halogens is 1. The van der Waals surface area contributed by atoms with Crippen molar-refractivity contribution < 1.29 is 0 Å². The van der Waals surface area contributed by atoms with Crippen LogP contribution in [0.15, 0.2) is 18.2 Å². The van der Waals surface area contributed by atoms with E-state index in [0.717, 1.165) is 24.0 Å². The van der Waals surface area contributed by atoms with Gasteiger partial charge < -0.3 is 4.90 Å². The van der Waals surface area contributed by atoms with Crippen molar-refractivity contribution in [3.05, 3.63) is 23.9 Å². The normalized spacial score (nSPS) is 17.1. The Labute approximate surface area is 109 Å². The Hall–Kier alpha value is -0.760. The quantitative estimate of drug-likeness (QED) is 0.757. The zero-order chi connectivity index (χ0) is 12.1. The maximum absolute atomic E-state index is 5.81. The van der Waals surface area contributed by atoms with Crippen molar-refractivity contribution in [2.45, 2.75) is 38.0 Å². The molecule has 3 heteroatoms. The number of rotatable bonds is 4. The second kappa shape index (κ2) is 6.25. The molecular weight excluding hydrogens is 232 g/mol. The molecule has 1 aromatic rings. The van der Waals surface area contributed by atoms with Crippen molar-refractivity contribution in [3.63, 3.8) is 0 Å². The third kappa shape index (κ3) is 3.60. The smallest absolute Gasteiger partial charge is 0.128 e. The molecule has 2 nitrogen and oxygen atoms in total. The lowest BCUT2D eigenvalue weighted by atomic mass is 9.89. The number of aromatic nitrogens is 1. The number of nitrogens with zero attached hydrogens (tertiary/aromatic N) is 2. The Morgan fingerprint density at radius 2 is 2.06 bits per heavy atom. The zero-order valence-electron chi connectivity index (χ0n) is 10.5. The lowest BCUT2D eigenvalue weighted by Gasteiger charge is -2.27. The Bertz CT molecular complexity index is 348. The average Bonchev–Trinajstić information content (AvgIpc) is 2.40. The monoisotopic (exact) mass is 252 g/mol. The molecule has 0 aromatic carbocycles. The highest BCUT2D eigenvalue weighted by Gasteiger charge is 2.16. The van der Waals surface area contributed by atoms with Crippen LogP contribution in [0, 0.1) is 5.92 Å². The SMILES string of the molecule is CN(CC1CCCCC1)c1cccc(CCl)n1. The minimum atomic E-state index is 0.491. The third-order valence-corrected chi connectivity index (χ3v) is 3.85. The summed E-state index contributed by atoms with van der Waals surface area (Å²) in [6.07, 6.45) is 6.96. The summed E-state index contributed by atoms with van der Waals surface area (Å²) in [7, 11) is 2.13. The van der Waals surface area contributed by atoms with E-state index in [1.807, 2.05) is 12.1 Å². The van der Waals surface area contributed by atoms with Crippen LogP contribution < -0.4 is 4.90 Å². The van der Waals surface area contributed by atoms with Crippen LogP contribution in [0.25, 0.3) is 0 Å². The standard InChI is InChI=1S/C14H21ClN2/c1-17(11-12-6-3-2-4-7-12)14-9-5-8-13(10-15)16-14/h5,8-9,12H,2-4,6-7,10-11H2,1H3. The molecule has 1 aliphatic carbocycles. The minimum absolute atomic E-state index is 0.491. The molecule has 0 saturated heterocycles. The van der Waals surface area contributed by atoms with E-state index in [2.05, 4.69) is 23.0 Å². The van der Waals surface area contributed by atoms with Crippen LogP contribution >= 0.6 is 11.6 Å². The maximum atomic E-state index is 5.81. The van der Waals surface area contributed by atoms with E-state index in [9.17, 15) is 0 Å². The van der Waals surface area contributed by atoms with Gasteiger partial charge in [-0.3, -0.25) is 0 Å². The molecule has 1 aromatic heterocycles. The van der Waals surface area contributed by atoms with Crippen molar-refractivity contribution in [1.82, 2.24) is 4.98 Å². The predicted octanol–water partition coefficient (Wildman–Crippen LogP) is 3.84. The number of hydrogen-bond donors (Lipinski definition) is 0. The lowest BCUT2D eigenvalue weighted by molar-refractivity contribution is 0.361. The molecule has 0 N–H and O–H groups in total. The molecule has 0 aliphatic heterocycles. The number of pyridine rings is 1. The summed E-state index contributed by atoms with van der Waals surface area (Å²) < 4.78 is 0. The first-order chi connectivity index (χ1) is 8.29. The molecule has 17 heavy (non-hydrogen) atoms. The summed E-state index contributed by atoms with van der Waals surface area (Å²) in [4.78, 5) is 6.82. The van der Waals surface area contributed by atoms with Gasteiger partial charge in [0.15, 0.2) is 0 Å². The largest absolute Gasteiger partial charge is 0.359 e. The van der Waals surface area contributed by atoms with E-state index in [1.165, 1.54) is 32.1 Å².